The van der Waals surface area contributed by atoms with Crippen molar-refractivity contribution >= 4 is 11.2 Å². The fraction of sp³-hybridized carbons (Fsp3) is 0.647. The number of alkyl halides is 3. The molecular formula is C17H19F3N4. The van der Waals surface area contributed by atoms with E-state index < -0.39 is 17.0 Å². The summed E-state index contributed by atoms with van der Waals surface area (Å²) in [6.07, 6.45) is 0.332. The average molecular weight is 336 g/mol. The Labute approximate surface area is 137 Å². The number of nitrogens with zero attached hydrogens (tertiary/aromatic N) is 2. The molecule has 2 bridgehead atoms. The maximum absolute atomic E-state index is 13.1. The molecule has 1 aliphatic heterocycles. The van der Waals surface area contributed by atoms with Crippen LogP contribution in [-0.4, -0.2) is 34.2 Å². The number of aromatic amines is 1. The lowest BCUT2D eigenvalue weighted by Crippen LogP contribution is -2.70. The summed E-state index contributed by atoms with van der Waals surface area (Å²) in [4.78, 5) is 12.2. The minimum atomic E-state index is -4.08. The maximum atomic E-state index is 13.1. The van der Waals surface area contributed by atoms with E-state index in [-0.39, 0.29) is 19.3 Å². The van der Waals surface area contributed by atoms with Crippen LogP contribution in [0.4, 0.5) is 13.2 Å². The fourth-order valence-corrected chi connectivity index (χ4v) is 4.99. The third-order valence-corrected chi connectivity index (χ3v) is 6.34. The van der Waals surface area contributed by atoms with Gasteiger partial charge >= 0.3 is 6.18 Å². The largest absolute Gasteiger partial charge is 0.394 e. The summed E-state index contributed by atoms with van der Waals surface area (Å²) >= 11 is 0. The first kappa shape index (κ1) is 14.7. The van der Waals surface area contributed by atoms with E-state index in [9.17, 15) is 13.2 Å². The van der Waals surface area contributed by atoms with Crippen LogP contribution in [0, 0.1) is 5.41 Å². The Kier molecular flexibility index (Phi) is 2.76. The molecule has 3 saturated carbocycles. The lowest BCUT2D eigenvalue weighted by atomic mass is 9.34. The van der Waals surface area contributed by atoms with Gasteiger partial charge < -0.3 is 10.3 Å². The molecule has 4 fully saturated rings. The molecule has 0 atom stereocenters. The smallest absolute Gasteiger partial charge is 0.340 e. The molecule has 4 nitrogen and oxygen atoms in total. The second-order valence-electron chi connectivity index (χ2n) is 7.80. The number of fused-ring (bicyclic) bond motifs is 1. The third kappa shape index (κ3) is 1.79. The molecule has 2 aromatic rings. The molecule has 0 aromatic carbocycles. The number of aromatic nitrogens is 3. The number of pyridine rings is 1. The van der Waals surface area contributed by atoms with Crippen LogP contribution in [0.15, 0.2) is 12.3 Å². The van der Waals surface area contributed by atoms with E-state index in [0.29, 0.717) is 17.4 Å². The molecule has 0 unspecified atom stereocenters. The molecule has 2 aromatic heterocycles. The van der Waals surface area contributed by atoms with Gasteiger partial charge in [0.25, 0.3) is 0 Å². The topological polar surface area (TPSA) is 53.6 Å². The predicted octanol–water partition coefficient (Wildman–Crippen LogP) is 3.41. The summed E-state index contributed by atoms with van der Waals surface area (Å²) in [7, 11) is 0. The zero-order chi connectivity index (χ0) is 16.6. The first-order chi connectivity index (χ1) is 11.4. The standard InChI is InChI=1S/C17H19F3N4/c18-17(19,20)16-7-15(8-16,9-16)14-23-12-11(3-6-22-13(12)24-14)10-1-4-21-5-2-10/h3,6,10,21H,1-2,4-5,7-9H2,(H,22,23,24). The van der Waals surface area contributed by atoms with Crippen molar-refractivity contribution in [1.29, 1.82) is 0 Å². The number of H-pyrrole nitrogens is 1. The van der Waals surface area contributed by atoms with Crippen LogP contribution in [0.3, 0.4) is 0 Å². The quantitative estimate of drug-likeness (QED) is 0.884. The Morgan fingerprint density at radius 2 is 1.83 bits per heavy atom. The van der Waals surface area contributed by atoms with Crippen LogP contribution in [0.5, 0.6) is 0 Å². The molecule has 6 rings (SSSR count). The van der Waals surface area contributed by atoms with Gasteiger partial charge in [-0.25, -0.2) is 9.97 Å². The van der Waals surface area contributed by atoms with Gasteiger partial charge in [-0.15, -0.1) is 0 Å². The van der Waals surface area contributed by atoms with Gasteiger partial charge in [0, 0.05) is 11.6 Å². The number of imidazole rings is 1. The van der Waals surface area contributed by atoms with E-state index in [1.54, 1.807) is 6.20 Å². The summed E-state index contributed by atoms with van der Waals surface area (Å²) in [5.41, 5.74) is 0.924. The molecule has 0 radical (unpaired) electrons. The first-order valence-corrected chi connectivity index (χ1v) is 8.55. The Bertz CT molecular complexity index is 784. The Hall–Kier alpha value is -1.63. The summed E-state index contributed by atoms with van der Waals surface area (Å²) in [6, 6.07) is 2.03. The second kappa shape index (κ2) is 4.50. The van der Waals surface area contributed by atoms with Gasteiger partial charge in [0.05, 0.1) is 10.9 Å². The molecule has 0 amide bonds. The van der Waals surface area contributed by atoms with Gasteiger partial charge in [-0.05, 0) is 62.7 Å². The number of rotatable bonds is 2. The molecule has 24 heavy (non-hydrogen) atoms. The molecule has 4 aliphatic rings. The highest BCUT2D eigenvalue weighted by atomic mass is 19.4. The van der Waals surface area contributed by atoms with E-state index in [0.717, 1.165) is 31.4 Å². The van der Waals surface area contributed by atoms with E-state index in [2.05, 4.69) is 20.3 Å². The normalized spacial score (nSPS) is 33.3. The minimum Gasteiger partial charge on any atom is -0.340 e. The van der Waals surface area contributed by atoms with E-state index in [4.69, 9.17) is 0 Å². The third-order valence-electron chi connectivity index (χ3n) is 6.34. The SMILES string of the molecule is FC(F)(F)C12CC(c3nc4nccc(C5CCNCC5)c4[nH]3)(C1)C2. The molecule has 7 heteroatoms. The number of piperidine rings is 1. The minimum absolute atomic E-state index is 0.173. The van der Waals surface area contributed by atoms with Gasteiger partial charge in [0.2, 0.25) is 0 Å². The summed E-state index contributed by atoms with van der Waals surface area (Å²) < 4.78 is 39.2. The van der Waals surface area contributed by atoms with Crippen LogP contribution < -0.4 is 5.32 Å². The lowest BCUT2D eigenvalue weighted by Gasteiger charge is -2.69. The zero-order valence-corrected chi connectivity index (χ0v) is 13.2. The fourth-order valence-electron chi connectivity index (χ4n) is 4.99. The molecule has 3 heterocycles. The van der Waals surface area contributed by atoms with Gasteiger partial charge in [-0.2, -0.15) is 13.2 Å². The number of halogens is 3. The van der Waals surface area contributed by atoms with Crippen LogP contribution in [0.2, 0.25) is 0 Å². The van der Waals surface area contributed by atoms with Crippen molar-refractivity contribution in [2.75, 3.05) is 13.1 Å². The Balaban J connectivity index is 1.48. The average Bonchev–Trinajstić information content (AvgIpc) is 2.87. The zero-order valence-electron chi connectivity index (χ0n) is 13.2. The van der Waals surface area contributed by atoms with Crippen molar-refractivity contribution < 1.29 is 13.2 Å². The molecule has 1 saturated heterocycles. The lowest BCUT2D eigenvalue weighted by molar-refractivity contribution is -0.338. The highest BCUT2D eigenvalue weighted by molar-refractivity contribution is 5.76. The van der Waals surface area contributed by atoms with Crippen molar-refractivity contribution in [2.45, 2.75) is 49.6 Å². The Morgan fingerprint density at radius 1 is 1.12 bits per heavy atom. The van der Waals surface area contributed by atoms with Gasteiger partial charge in [0.15, 0.2) is 5.65 Å². The van der Waals surface area contributed by atoms with Crippen molar-refractivity contribution in [2.24, 2.45) is 5.41 Å². The van der Waals surface area contributed by atoms with Crippen LogP contribution >= 0.6 is 0 Å². The highest BCUT2D eigenvalue weighted by Gasteiger charge is 2.79. The van der Waals surface area contributed by atoms with Crippen molar-refractivity contribution in [1.82, 2.24) is 20.3 Å². The van der Waals surface area contributed by atoms with Gasteiger partial charge in [-0.3, -0.25) is 0 Å². The van der Waals surface area contributed by atoms with Crippen LogP contribution in [0.25, 0.3) is 11.2 Å². The second-order valence-corrected chi connectivity index (χ2v) is 7.80. The summed E-state index contributed by atoms with van der Waals surface area (Å²) in [5, 5.41) is 3.36. The van der Waals surface area contributed by atoms with E-state index in [1.807, 2.05) is 6.07 Å². The van der Waals surface area contributed by atoms with Crippen LogP contribution in [0.1, 0.15) is 49.4 Å². The molecule has 0 spiro atoms. The number of nitrogens with one attached hydrogen (secondary N) is 2. The Morgan fingerprint density at radius 3 is 2.50 bits per heavy atom. The van der Waals surface area contributed by atoms with Gasteiger partial charge in [0.1, 0.15) is 5.82 Å². The first-order valence-electron chi connectivity index (χ1n) is 8.55. The van der Waals surface area contributed by atoms with E-state index >= 15 is 0 Å². The molecule has 3 aliphatic carbocycles. The predicted molar refractivity (Wildman–Crippen MR) is 82.8 cm³/mol. The summed E-state index contributed by atoms with van der Waals surface area (Å²) in [6.45, 7) is 1.99. The highest BCUT2D eigenvalue weighted by Crippen LogP contribution is 2.78. The monoisotopic (exact) mass is 336 g/mol. The van der Waals surface area contributed by atoms with Gasteiger partial charge in [-0.1, -0.05) is 0 Å². The van der Waals surface area contributed by atoms with Crippen molar-refractivity contribution in [3.8, 4) is 0 Å². The summed E-state index contributed by atoms with van der Waals surface area (Å²) in [5.74, 6) is 1.16. The van der Waals surface area contributed by atoms with Crippen molar-refractivity contribution in [3.63, 3.8) is 0 Å². The number of hydrogen-bond acceptors (Lipinski definition) is 3. The van der Waals surface area contributed by atoms with E-state index in [1.165, 1.54) is 5.56 Å². The van der Waals surface area contributed by atoms with Crippen molar-refractivity contribution in [3.05, 3.63) is 23.7 Å². The molecular weight excluding hydrogens is 317 g/mol. The number of hydrogen-bond donors (Lipinski definition) is 2. The van der Waals surface area contributed by atoms with Crippen LogP contribution in [-0.2, 0) is 5.41 Å². The maximum Gasteiger partial charge on any atom is 0.394 e. The molecule has 2 N–H and O–H groups in total. The molecule has 128 valence electrons.